The lowest BCUT2D eigenvalue weighted by Gasteiger charge is -2.34. The smallest absolute Gasteiger partial charge is 0.228 e. The minimum absolute atomic E-state index is 0.697. The van der Waals surface area contributed by atoms with Crippen LogP contribution in [0.3, 0.4) is 0 Å². The van der Waals surface area contributed by atoms with Crippen LogP contribution in [-0.2, 0) is 17.7 Å². The quantitative estimate of drug-likeness (QED) is 0.523. The van der Waals surface area contributed by atoms with Gasteiger partial charge in [-0.15, -0.1) is 0 Å². The first-order valence-electron chi connectivity index (χ1n) is 13.1. The molecule has 3 aliphatic heterocycles. The van der Waals surface area contributed by atoms with Crippen molar-refractivity contribution < 1.29 is 4.74 Å². The van der Waals surface area contributed by atoms with Gasteiger partial charge in [0.25, 0.3) is 0 Å². The summed E-state index contributed by atoms with van der Waals surface area (Å²) in [5, 5.41) is 0. The molecule has 2 saturated heterocycles. The molecule has 0 spiro atoms. The Morgan fingerprint density at radius 2 is 1.56 bits per heavy atom. The van der Waals surface area contributed by atoms with Gasteiger partial charge in [-0.1, -0.05) is 19.1 Å². The maximum Gasteiger partial charge on any atom is 0.228 e. The summed E-state index contributed by atoms with van der Waals surface area (Å²) in [6, 6.07) is 9.04. The lowest BCUT2D eigenvalue weighted by Crippen LogP contribution is -2.45. The van der Waals surface area contributed by atoms with E-state index in [0.29, 0.717) is 13.2 Å². The zero-order valence-corrected chi connectivity index (χ0v) is 21.0. The van der Waals surface area contributed by atoms with E-state index in [1.165, 1.54) is 29.9 Å². The van der Waals surface area contributed by atoms with E-state index < -0.39 is 0 Å². The van der Waals surface area contributed by atoms with Crippen LogP contribution in [0.1, 0.15) is 18.1 Å². The van der Waals surface area contributed by atoms with Crippen LogP contribution in [0.2, 0.25) is 0 Å². The molecule has 0 atom stereocenters. The molecule has 9 nitrogen and oxygen atoms in total. The molecule has 0 bridgehead atoms. The van der Waals surface area contributed by atoms with Gasteiger partial charge in [-0.05, 0) is 30.7 Å². The number of aromatic nitrogens is 4. The first-order chi connectivity index (χ1) is 17.8. The molecule has 2 aromatic heterocycles. The molecule has 0 radical (unpaired) electrons. The number of ether oxygens (including phenoxy) is 1. The van der Waals surface area contributed by atoms with E-state index in [1.54, 1.807) is 6.33 Å². The molecule has 3 aromatic rings. The van der Waals surface area contributed by atoms with Crippen molar-refractivity contribution in [1.82, 2.24) is 29.7 Å². The van der Waals surface area contributed by atoms with Gasteiger partial charge < -0.3 is 19.4 Å². The number of hydrogen-bond acceptors (Lipinski definition) is 9. The van der Waals surface area contributed by atoms with E-state index >= 15 is 0 Å². The summed E-state index contributed by atoms with van der Waals surface area (Å²) >= 11 is 0. The molecule has 36 heavy (non-hydrogen) atoms. The highest BCUT2D eigenvalue weighted by Gasteiger charge is 2.29. The second-order valence-electron chi connectivity index (χ2n) is 9.68. The van der Waals surface area contributed by atoms with Gasteiger partial charge in [0.05, 0.1) is 18.9 Å². The van der Waals surface area contributed by atoms with E-state index in [-0.39, 0.29) is 0 Å². The highest BCUT2D eigenvalue weighted by atomic mass is 16.5. The normalized spacial score (nSPS) is 19.0. The van der Waals surface area contributed by atoms with E-state index in [1.807, 2.05) is 12.4 Å². The van der Waals surface area contributed by atoms with E-state index in [2.05, 4.69) is 60.8 Å². The number of hydrogen-bond donors (Lipinski definition) is 0. The molecule has 188 valence electrons. The van der Waals surface area contributed by atoms with E-state index in [4.69, 9.17) is 14.7 Å². The standard InChI is InChI=1S/C27H34N8O/c1-2-32-9-11-33(12-10-32)19-21-3-5-23(6-4-21)35-8-7-24-25(22-17-28-20-29-18-22)30-27(31-26(24)35)34-13-15-36-16-14-34/h3-6,17-18,20H,2,7-16,19H2,1H3. The third-order valence-corrected chi connectivity index (χ3v) is 7.51. The van der Waals surface area contributed by atoms with Crippen molar-refractivity contribution in [3.05, 3.63) is 54.1 Å². The maximum atomic E-state index is 5.56. The summed E-state index contributed by atoms with van der Waals surface area (Å²) in [6.45, 7) is 12.9. The summed E-state index contributed by atoms with van der Waals surface area (Å²) in [7, 11) is 0. The molecule has 6 rings (SSSR count). The van der Waals surface area contributed by atoms with Gasteiger partial charge in [0.15, 0.2) is 0 Å². The van der Waals surface area contributed by atoms with Gasteiger partial charge in [0.1, 0.15) is 12.1 Å². The van der Waals surface area contributed by atoms with Crippen LogP contribution in [0.4, 0.5) is 17.5 Å². The number of fused-ring (bicyclic) bond motifs is 1. The van der Waals surface area contributed by atoms with E-state index in [0.717, 1.165) is 75.3 Å². The third-order valence-electron chi connectivity index (χ3n) is 7.51. The second-order valence-corrected chi connectivity index (χ2v) is 9.68. The van der Waals surface area contributed by atoms with Crippen LogP contribution in [0.5, 0.6) is 0 Å². The predicted octanol–water partition coefficient (Wildman–Crippen LogP) is 2.60. The summed E-state index contributed by atoms with van der Waals surface area (Å²) in [4.78, 5) is 28.2. The Kier molecular flexibility index (Phi) is 6.76. The zero-order valence-electron chi connectivity index (χ0n) is 21.0. The zero-order chi connectivity index (χ0) is 24.3. The molecular weight excluding hydrogens is 452 g/mol. The number of nitrogens with zero attached hydrogens (tertiary/aromatic N) is 8. The number of anilines is 3. The van der Waals surface area contributed by atoms with Gasteiger partial charge in [-0.25, -0.2) is 15.0 Å². The summed E-state index contributed by atoms with van der Waals surface area (Å²) < 4.78 is 5.56. The Morgan fingerprint density at radius 3 is 2.28 bits per heavy atom. The number of likely N-dealkylation sites (N-methyl/N-ethyl adjacent to an activating group) is 1. The molecule has 0 amide bonds. The van der Waals surface area contributed by atoms with Crippen molar-refractivity contribution in [2.45, 2.75) is 19.9 Å². The van der Waals surface area contributed by atoms with E-state index in [9.17, 15) is 0 Å². The number of piperazine rings is 1. The molecular formula is C27H34N8O. The molecule has 5 heterocycles. The number of rotatable bonds is 6. The van der Waals surface area contributed by atoms with Crippen LogP contribution in [-0.4, -0.2) is 95.3 Å². The summed E-state index contributed by atoms with van der Waals surface area (Å²) in [5.74, 6) is 1.75. The van der Waals surface area contributed by atoms with Crippen molar-refractivity contribution in [3.63, 3.8) is 0 Å². The van der Waals surface area contributed by atoms with Crippen molar-refractivity contribution in [3.8, 4) is 11.3 Å². The predicted molar refractivity (Wildman–Crippen MR) is 141 cm³/mol. The second kappa shape index (κ2) is 10.5. The summed E-state index contributed by atoms with van der Waals surface area (Å²) in [6.07, 6.45) is 6.14. The largest absolute Gasteiger partial charge is 0.378 e. The molecule has 0 saturated carbocycles. The van der Waals surface area contributed by atoms with Crippen LogP contribution < -0.4 is 9.80 Å². The maximum absolute atomic E-state index is 5.56. The van der Waals surface area contributed by atoms with Crippen LogP contribution >= 0.6 is 0 Å². The van der Waals surface area contributed by atoms with Crippen molar-refractivity contribution >= 4 is 17.5 Å². The Labute approximate surface area is 212 Å². The highest BCUT2D eigenvalue weighted by Crippen LogP contribution is 2.39. The Balaban J connectivity index is 1.26. The average molecular weight is 487 g/mol. The van der Waals surface area contributed by atoms with Gasteiger partial charge in [-0.2, -0.15) is 4.98 Å². The molecule has 0 unspecified atom stereocenters. The highest BCUT2D eigenvalue weighted by molar-refractivity contribution is 5.76. The minimum Gasteiger partial charge on any atom is -0.378 e. The van der Waals surface area contributed by atoms with Gasteiger partial charge in [0.2, 0.25) is 5.95 Å². The van der Waals surface area contributed by atoms with Gasteiger partial charge >= 0.3 is 0 Å². The first-order valence-corrected chi connectivity index (χ1v) is 13.1. The first kappa shape index (κ1) is 23.3. The summed E-state index contributed by atoms with van der Waals surface area (Å²) in [5.41, 5.74) is 5.58. The van der Waals surface area contributed by atoms with Gasteiger partial charge in [-0.3, -0.25) is 4.90 Å². The van der Waals surface area contributed by atoms with Crippen molar-refractivity contribution in [2.24, 2.45) is 0 Å². The molecule has 3 aliphatic rings. The monoisotopic (exact) mass is 486 g/mol. The molecule has 2 fully saturated rings. The Bertz CT molecular complexity index is 1160. The fraction of sp³-hybridized carbons (Fsp3) is 0.481. The van der Waals surface area contributed by atoms with Crippen LogP contribution in [0, 0.1) is 0 Å². The lowest BCUT2D eigenvalue weighted by atomic mass is 10.1. The Hall–Kier alpha value is -3.14. The fourth-order valence-electron chi connectivity index (χ4n) is 5.36. The minimum atomic E-state index is 0.697. The molecule has 1 aromatic carbocycles. The Morgan fingerprint density at radius 1 is 0.833 bits per heavy atom. The van der Waals surface area contributed by atoms with Crippen LogP contribution in [0.15, 0.2) is 43.0 Å². The average Bonchev–Trinajstić information content (AvgIpc) is 3.38. The van der Waals surface area contributed by atoms with Gasteiger partial charge in [0, 0.05) is 81.6 Å². The molecule has 9 heteroatoms. The van der Waals surface area contributed by atoms with Crippen LogP contribution in [0.25, 0.3) is 11.3 Å². The van der Waals surface area contributed by atoms with Crippen molar-refractivity contribution in [2.75, 3.05) is 75.4 Å². The molecule has 0 N–H and O–H groups in total. The number of benzene rings is 1. The van der Waals surface area contributed by atoms with Crippen molar-refractivity contribution in [1.29, 1.82) is 0 Å². The molecule has 0 aliphatic carbocycles. The third kappa shape index (κ3) is 4.78. The topological polar surface area (TPSA) is 73.8 Å². The number of morpholine rings is 1. The fourth-order valence-corrected chi connectivity index (χ4v) is 5.36. The SMILES string of the molecule is CCN1CCN(Cc2ccc(N3CCc4c(-c5cncnc5)nc(N5CCOCC5)nc43)cc2)CC1. The lowest BCUT2D eigenvalue weighted by molar-refractivity contribution is 0.122.